The van der Waals surface area contributed by atoms with Gasteiger partial charge in [0, 0.05) is 5.56 Å². The van der Waals surface area contributed by atoms with Crippen LogP contribution in [0.5, 0.6) is 0 Å². The Bertz CT molecular complexity index is 478. The van der Waals surface area contributed by atoms with Gasteiger partial charge in [0.2, 0.25) is 0 Å². The van der Waals surface area contributed by atoms with Gasteiger partial charge in [-0.25, -0.2) is 0 Å². The van der Waals surface area contributed by atoms with Gasteiger partial charge < -0.3 is 0 Å². The number of hydrogen-bond acceptors (Lipinski definition) is 2. The predicted octanol–water partition coefficient (Wildman–Crippen LogP) is 2.25. The molecule has 0 spiro atoms. The molecule has 4 heteroatoms. The lowest BCUT2D eigenvalue weighted by atomic mass is 10.1. The van der Waals surface area contributed by atoms with E-state index in [4.69, 9.17) is 0 Å². The van der Waals surface area contributed by atoms with Crippen molar-refractivity contribution in [1.29, 1.82) is 0 Å². The predicted molar refractivity (Wildman–Crippen MR) is 57.3 cm³/mol. The van der Waals surface area contributed by atoms with Gasteiger partial charge in [0.05, 0.1) is 5.25 Å². The van der Waals surface area contributed by atoms with Crippen molar-refractivity contribution in [2.24, 2.45) is 0 Å². The van der Waals surface area contributed by atoms with E-state index in [0.29, 0.717) is 5.56 Å². The second kappa shape index (κ2) is 4.94. The van der Waals surface area contributed by atoms with Crippen LogP contribution in [0, 0.1) is 11.2 Å². The molecule has 0 saturated carbocycles. The lowest BCUT2D eigenvalue weighted by molar-refractivity contribution is 0.565. The average molecular weight is 226 g/mol. The Morgan fingerprint density at radius 2 is 1.87 bits per heavy atom. The normalized spacial score (nSPS) is 10.5. The van der Waals surface area contributed by atoms with Crippen LogP contribution in [0.1, 0.15) is 24.5 Å². The Balaban J connectivity index is 2.84. The summed E-state index contributed by atoms with van der Waals surface area (Å²) in [5, 5.41) is 1.55. The minimum atomic E-state index is -4.70. The van der Waals surface area contributed by atoms with Crippen LogP contribution in [-0.2, 0) is 16.6 Å². The van der Waals surface area contributed by atoms with Gasteiger partial charge in [-0.1, -0.05) is 29.4 Å². The van der Waals surface area contributed by atoms with Crippen molar-refractivity contribution in [3.8, 4) is 11.2 Å². The molecular weight excluding hydrogens is 215 g/mol. The van der Waals surface area contributed by atoms with Gasteiger partial charge in [0.15, 0.2) is 0 Å². The van der Waals surface area contributed by atoms with E-state index in [-0.39, 0.29) is 0 Å². The molecule has 0 N–H and O–H groups in total. The number of halogens is 1. The SMILES string of the molecule is CCCc1ccc(C#CS(=O)(=O)F)cc1. The maximum Gasteiger partial charge on any atom is 0.373 e. The molecule has 0 aromatic heterocycles. The second-order valence-electron chi connectivity index (χ2n) is 3.11. The number of rotatable bonds is 2. The molecule has 1 aromatic rings. The first-order chi connectivity index (χ1) is 7.01. The molecule has 0 aliphatic heterocycles. The van der Waals surface area contributed by atoms with Crippen molar-refractivity contribution in [3.05, 3.63) is 35.4 Å². The fraction of sp³-hybridized carbons (Fsp3) is 0.273. The van der Waals surface area contributed by atoms with E-state index < -0.39 is 10.2 Å². The van der Waals surface area contributed by atoms with Crippen molar-refractivity contribution in [3.63, 3.8) is 0 Å². The molecule has 0 unspecified atom stereocenters. The maximum atomic E-state index is 12.1. The van der Waals surface area contributed by atoms with E-state index in [1.165, 1.54) is 0 Å². The van der Waals surface area contributed by atoms with Crippen molar-refractivity contribution >= 4 is 10.2 Å². The van der Waals surface area contributed by atoms with Crippen molar-refractivity contribution in [2.45, 2.75) is 19.8 Å². The average Bonchev–Trinajstić information content (AvgIpc) is 2.16. The van der Waals surface area contributed by atoms with E-state index in [0.717, 1.165) is 18.4 Å². The molecular formula is C11H11FO2S. The summed E-state index contributed by atoms with van der Waals surface area (Å²) in [5.41, 5.74) is 1.65. The molecule has 0 saturated heterocycles. The Kier molecular flexibility index (Phi) is 3.87. The van der Waals surface area contributed by atoms with E-state index in [1.54, 1.807) is 17.4 Å². The molecule has 0 amide bonds. The fourth-order valence-electron chi connectivity index (χ4n) is 1.16. The Morgan fingerprint density at radius 3 is 2.33 bits per heavy atom. The summed E-state index contributed by atoms with van der Waals surface area (Å²) in [6.07, 6.45) is 2.01. The highest BCUT2D eigenvalue weighted by Crippen LogP contribution is 2.05. The molecule has 0 atom stereocenters. The molecule has 0 aliphatic rings. The summed E-state index contributed by atoms with van der Waals surface area (Å²) < 4.78 is 32.3. The minimum absolute atomic E-state index is 0.496. The topological polar surface area (TPSA) is 34.1 Å². The van der Waals surface area contributed by atoms with Crippen LogP contribution in [-0.4, -0.2) is 8.42 Å². The third-order valence-electron chi connectivity index (χ3n) is 1.81. The van der Waals surface area contributed by atoms with Crippen LogP contribution in [0.25, 0.3) is 0 Å². The van der Waals surface area contributed by atoms with Crippen LogP contribution < -0.4 is 0 Å². The zero-order valence-electron chi connectivity index (χ0n) is 8.33. The number of hydrogen-bond donors (Lipinski definition) is 0. The van der Waals surface area contributed by atoms with Crippen LogP contribution in [0.2, 0.25) is 0 Å². The van der Waals surface area contributed by atoms with Gasteiger partial charge >= 0.3 is 10.2 Å². The maximum absolute atomic E-state index is 12.1. The molecule has 0 fully saturated rings. The fourth-order valence-corrected chi connectivity index (χ4v) is 1.40. The van der Waals surface area contributed by atoms with Crippen molar-refractivity contribution < 1.29 is 12.3 Å². The summed E-state index contributed by atoms with van der Waals surface area (Å²) in [7, 11) is -4.70. The lowest BCUT2D eigenvalue weighted by Gasteiger charge is -1.97. The first-order valence-electron chi connectivity index (χ1n) is 4.57. The third-order valence-corrected chi connectivity index (χ3v) is 2.16. The Labute approximate surface area is 89.3 Å². The molecule has 1 aromatic carbocycles. The summed E-state index contributed by atoms with van der Waals surface area (Å²) >= 11 is 0. The molecule has 2 nitrogen and oxygen atoms in total. The first-order valence-corrected chi connectivity index (χ1v) is 5.96. The third kappa shape index (κ3) is 4.61. The number of benzene rings is 1. The van der Waals surface area contributed by atoms with E-state index in [9.17, 15) is 12.3 Å². The van der Waals surface area contributed by atoms with Crippen LogP contribution >= 0.6 is 0 Å². The largest absolute Gasteiger partial charge is 0.373 e. The molecule has 1 rings (SSSR count). The van der Waals surface area contributed by atoms with Crippen LogP contribution in [0.3, 0.4) is 0 Å². The summed E-state index contributed by atoms with van der Waals surface area (Å²) in [5.74, 6) is 2.24. The van der Waals surface area contributed by atoms with Gasteiger partial charge in [-0.3, -0.25) is 0 Å². The molecule has 0 heterocycles. The molecule has 80 valence electrons. The van der Waals surface area contributed by atoms with Crippen LogP contribution in [0.4, 0.5) is 3.89 Å². The zero-order valence-corrected chi connectivity index (χ0v) is 9.14. The summed E-state index contributed by atoms with van der Waals surface area (Å²) in [6, 6.07) is 7.09. The van der Waals surface area contributed by atoms with Gasteiger partial charge in [0.1, 0.15) is 0 Å². The smallest absolute Gasteiger partial charge is 0.180 e. The standard InChI is InChI=1S/C11H11FO2S/c1-2-3-10-4-6-11(7-5-10)8-9-15(12,13)14/h4-7H,2-3H2,1H3. The Hall–Kier alpha value is -1.34. The highest BCUT2D eigenvalue weighted by molar-refractivity contribution is 7.91. The molecule has 0 aliphatic carbocycles. The number of aryl methyl sites for hydroxylation is 1. The van der Waals surface area contributed by atoms with Gasteiger partial charge in [0.25, 0.3) is 0 Å². The zero-order chi connectivity index (χ0) is 11.3. The second-order valence-corrected chi connectivity index (χ2v) is 4.19. The van der Waals surface area contributed by atoms with Gasteiger partial charge in [-0.15, -0.1) is 0 Å². The van der Waals surface area contributed by atoms with E-state index in [2.05, 4.69) is 12.8 Å². The van der Waals surface area contributed by atoms with Crippen molar-refractivity contribution in [2.75, 3.05) is 0 Å². The van der Waals surface area contributed by atoms with E-state index >= 15 is 0 Å². The van der Waals surface area contributed by atoms with Gasteiger partial charge in [-0.05, 0) is 30.0 Å². The van der Waals surface area contributed by atoms with Crippen LogP contribution in [0.15, 0.2) is 24.3 Å². The minimum Gasteiger partial charge on any atom is -0.180 e. The molecule has 15 heavy (non-hydrogen) atoms. The quantitative estimate of drug-likeness (QED) is 0.572. The monoisotopic (exact) mass is 226 g/mol. The highest BCUT2D eigenvalue weighted by atomic mass is 32.3. The van der Waals surface area contributed by atoms with Gasteiger partial charge in [-0.2, -0.15) is 8.42 Å². The molecule has 0 bridgehead atoms. The summed E-state index contributed by atoms with van der Waals surface area (Å²) in [4.78, 5) is 0. The first kappa shape index (κ1) is 11.7. The summed E-state index contributed by atoms with van der Waals surface area (Å²) in [6.45, 7) is 2.07. The molecule has 0 radical (unpaired) electrons. The Morgan fingerprint density at radius 1 is 1.27 bits per heavy atom. The van der Waals surface area contributed by atoms with Crippen molar-refractivity contribution in [1.82, 2.24) is 0 Å². The lowest BCUT2D eigenvalue weighted by Crippen LogP contribution is -1.85. The van der Waals surface area contributed by atoms with E-state index in [1.807, 2.05) is 12.1 Å². The highest BCUT2D eigenvalue weighted by Gasteiger charge is 1.98.